The first-order valence-corrected chi connectivity index (χ1v) is 10.9. The summed E-state index contributed by atoms with van der Waals surface area (Å²) in [6.07, 6.45) is 3.76. The summed E-state index contributed by atoms with van der Waals surface area (Å²) in [5.74, 6) is 0.158. The van der Waals surface area contributed by atoms with Gasteiger partial charge in [-0.25, -0.2) is 4.98 Å². The Morgan fingerprint density at radius 3 is 2.75 bits per heavy atom. The molecule has 1 fully saturated rings. The summed E-state index contributed by atoms with van der Waals surface area (Å²) in [6.45, 7) is 5.80. The van der Waals surface area contributed by atoms with Gasteiger partial charge in [0.15, 0.2) is 0 Å². The van der Waals surface area contributed by atoms with Gasteiger partial charge in [-0.3, -0.25) is 4.79 Å². The quantitative estimate of drug-likeness (QED) is 0.498. The van der Waals surface area contributed by atoms with E-state index in [1.54, 1.807) is 12.3 Å². The predicted octanol–water partition coefficient (Wildman–Crippen LogP) is 5.21. The summed E-state index contributed by atoms with van der Waals surface area (Å²) < 4.78 is 11.0. The number of halogens is 1. The van der Waals surface area contributed by atoms with Crippen molar-refractivity contribution in [1.29, 1.82) is 0 Å². The summed E-state index contributed by atoms with van der Waals surface area (Å²) in [5.41, 5.74) is 3.41. The minimum atomic E-state index is -0.716. The molecule has 0 saturated heterocycles. The average Bonchev–Trinajstić information content (AvgIpc) is 3.41. The highest BCUT2D eigenvalue weighted by Gasteiger charge is 2.29. The molecule has 9 heteroatoms. The zero-order valence-electron chi connectivity index (χ0n) is 18.1. The van der Waals surface area contributed by atoms with E-state index in [9.17, 15) is 9.90 Å². The molecule has 0 bridgehead atoms. The van der Waals surface area contributed by atoms with Crippen LogP contribution >= 0.6 is 11.6 Å². The van der Waals surface area contributed by atoms with Crippen LogP contribution in [-0.2, 0) is 4.79 Å². The van der Waals surface area contributed by atoms with E-state index in [4.69, 9.17) is 20.9 Å². The molecule has 3 aromatic rings. The molecule has 4 rings (SSSR count). The van der Waals surface area contributed by atoms with Gasteiger partial charge in [0.1, 0.15) is 5.02 Å². The van der Waals surface area contributed by atoms with E-state index in [0.29, 0.717) is 41.0 Å². The fourth-order valence-corrected chi connectivity index (χ4v) is 4.04. The first-order valence-electron chi connectivity index (χ1n) is 10.6. The third-order valence-electron chi connectivity index (χ3n) is 5.45. The standard InChI is InChI=1S/C23H25ClN4O4/c1-12(2)31-22-18(24)10-16(11-25-22)20-27-21(32-28-20)14-5-7-19(13(3)8-14)26-17-6-4-15(9-17)23(29)30/h5,7-8,10-12,15,17,26H,4,6,9H2,1-3H3,(H,29,30). The number of hydrogen-bond acceptors (Lipinski definition) is 7. The Hall–Kier alpha value is -3.13. The molecular weight excluding hydrogens is 432 g/mol. The minimum absolute atomic E-state index is 0.0319. The maximum Gasteiger partial charge on any atom is 0.306 e. The van der Waals surface area contributed by atoms with Crippen LogP contribution in [0.1, 0.15) is 38.7 Å². The topological polar surface area (TPSA) is 110 Å². The van der Waals surface area contributed by atoms with E-state index in [2.05, 4.69) is 20.4 Å². The van der Waals surface area contributed by atoms with Crippen molar-refractivity contribution in [3.8, 4) is 28.7 Å². The van der Waals surface area contributed by atoms with E-state index >= 15 is 0 Å². The molecule has 8 nitrogen and oxygen atoms in total. The molecule has 168 valence electrons. The Bertz CT molecular complexity index is 1130. The molecule has 2 unspecified atom stereocenters. The van der Waals surface area contributed by atoms with Gasteiger partial charge < -0.3 is 19.7 Å². The highest BCUT2D eigenvalue weighted by molar-refractivity contribution is 6.32. The summed E-state index contributed by atoms with van der Waals surface area (Å²) >= 11 is 6.27. The Morgan fingerprint density at radius 1 is 1.28 bits per heavy atom. The van der Waals surface area contributed by atoms with Crippen LogP contribution in [0.25, 0.3) is 22.8 Å². The van der Waals surface area contributed by atoms with Gasteiger partial charge in [-0.1, -0.05) is 16.8 Å². The van der Waals surface area contributed by atoms with Crippen LogP contribution in [0, 0.1) is 12.8 Å². The van der Waals surface area contributed by atoms with Crippen molar-refractivity contribution < 1.29 is 19.2 Å². The minimum Gasteiger partial charge on any atom is -0.481 e. The Balaban J connectivity index is 1.48. The van der Waals surface area contributed by atoms with Crippen molar-refractivity contribution in [2.75, 3.05) is 5.32 Å². The van der Waals surface area contributed by atoms with Crippen LogP contribution in [0.2, 0.25) is 5.02 Å². The van der Waals surface area contributed by atoms with Crippen molar-refractivity contribution in [3.63, 3.8) is 0 Å². The molecular formula is C23H25ClN4O4. The smallest absolute Gasteiger partial charge is 0.306 e. The van der Waals surface area contributed by atoms with Crippen molar-refractivity contribution in [2.24, 2.45) is 5.92 Å². The van der Waals surface area contributed by atoms with Gasteiger partial charge in [0, 0.05) is 29.1 Å². The van der Waals surface area contributed by atoms with Gasteiger partial charge in [-0.05, 0) is 69.9 Å². The zero-order valence-corrected chi connectivity index (χ0v) is 18.9. The molecule has 2 heterocycles. The number of aliphatic carboxylic acids is 1. The fourth-order valence-electron chi connectivity index (χ4n) is 3.83. The van der Waals surface area contributed by atoms with E-state index in [-0.39, 0.29) is 18.1 Å². The van der Waals surface area contributed by atoms with Crippen LogP contribution in [0.5, 0.6) is 5.88 Å². The monoisotopic (exact) mass is 456 g/mol. The molecule has 2 N–H and O–H groups in total. The molecule has 2 atom stereocenters. The number of nitrogens with one attached hydrogen (secondary N) is 1. The number of nitrogens with zero attached hydrogens (tertiary/aromatic N) is 3. The lowest BCUT2D eigenvalue weighted by atomic mass is 10.1. The van der Waals surface area contributed by atoms with Crippen LogP contribution in [0.3, 0.4) is 0 Å². The van der Waals surface area contributed by atoms with Crippen molar-refractivity contribution in [3.05, 3.63) is 41.0 Å². The summed E-state index contributed by atoms with van der Waals surface area (Å²) in [7, 11) is 0. The number of pyridine rings is 1. The van der Waals surface area contributed by atoms with E-state index in [1.165, 1.54) is 0 Å². The largest absolute Gasteiger partial charge is 0.481 e. The highest BCUT2D eigenvalue weighted by Crippen LogP contribution is 2.32. The lowest BCUT2D eigenvalue weighted by Crippen LogP contribution is -2.18. The molecule has 1 saturated carbocycles. The SMILES string of the molecule is Cc1cc(-c2nc(-c3cnc(OC(C)C)c(Cl)c3)no2)ccc1NC1CCC(C(=O)O)C1. The molecule has 0 amide bonds. The number of carbonyl (C=O) groups is 1. The van der Waals surface area contributed by atoms with Crippen molar-refractivity contribution in [1.82, 2.24) is 15.1 Å². The number of carboxylic acid groups (broad SMARTS) is 1. The Labute approximate surface area is 191 Å². The number of aromatic nitrogens is 3. The van der Waals surface area contributed by atoms with Crippen molar-refractivity contribution >= 4 is 23.3 Å². The molecule has 0 spiro atoms. The summed E-state index contributed by atoms with van der Waals surface area (Å²) in [5, 5.41) is 17.1. The summed E-state index contributed by atoms with van der Waals surface area (Å²) in [6, 6.07) is 7.69. The average molecular weight is 457 g/mol. The number of benzene rings is 1. The first-order chi connectivity index (χ1) is 15.3. The second-order valence-corrected chi connectivity index (χ2v) is 8.73. The maximum absolute atomic E-state index is 11.2. The number of hydrogen-bond donors (Lipinski definition) is 2. The molecule has 0 aliphatic heterocycles. The van der Waals surface area contributed by atoms with E-state index in [0.717, 1.165) is 23.2 Å². The Morgan fingerprint density at radius 2 is 2.09 bits per heavy atom. The molecule has 32 heavy (non-hydrogen) atoms. The highest BCUT2D eigenvalue weighted by atomic mass is 35.5. The zero-order chi connectivity index (χ0) is 22.8. The van der Waals surface area contributed by atoms with Crippen LogP contribution in [0.15, 0.2) is 35.0 Å². The molecule has 0 radical (unpaired) electrons. The van der Waals surface area contributed by atoms with Crippen LogP contribution in [-0.4, -0.2) is 38.3 Å². The fraction of sp³-hybridized carbons (Fsp3) is 0.391. The van der Waals surface area contributed by atoms with Gasteiger partial charge in [0.05, 0.1) is 12.0 Å². The van der Waals surface area contributed by atoms with Crippen molar-refractivity contribution in [2.45, 2.75) is 52.2 Å². The number of anilines is 1. The molecule has 1 aromatic carbocycles. The van der Waals surface area contributed by atoms with Gasteiger partial charge in [-0.15, -0.1) is 0 Å². The maximum atomic E-state index is 11.2. The van der Waals surface area contributed by atoms with Crippen LogP contribution < -0.4 is 10.1 Å². The van der Waals surface area contributed by atoms with Crippen LogP contribution in [0.4, 0.5) is 5.69 Å². The molecule has 1 aliphatic carbocycles. The number of rotatable bonds is 7. The second-order valence-electron chi connectivity index (χ2n) is 8.32. The number of carboxylic acids is 1. The first kappa shape index (κ1) is 22.1. The normalized spacial score (nSPS) is 18.2. The lowest BCUT2D eigenvalue weighted by Gasteiger charge is -2.16. The third kappa shape index (κ3) is 4.85. The second kappa shape index (κ2) is 9.16. The van der Waals surface area contributed by atoms with Gasteiger partial charge in [0.25, 0.3) is 5.89 Å². The predicted molar refractivity (Wildman–Crippen MR) is 121 cm³/mol. The Kier molecular flexibility index (Phi) is 6.32. The van der Waals surface area contributed by atoms with E-state index in [1.807, 2.05) is 39.0 Å². The summed E-state index contributed by atoms with van der Waals surface area (Å²) in [4.78, 5) is 19.9. The number of aryl methyl sites for hydroxylation is 1. The lowest BCUT2D eigenvalue weighted by molar-refractivity contribution is -0.141. The number of ether oxygens (including phenoxy) is 1. The van der Waals surface area contributed by atoms with Gasteiger partial charge >= 0.3 is 5.97 Å². The third-order valence-corrected chi connectivity index (χ3v) is 5.72. The van der Waals surface area contributed by atoms with E-state index < -0.39 is 5.97 Å². The molecule has 2 aromatic heterocycles. The van der Waals surface area contributed by atoms with Gasteiger partial charge in [-0.2, -0.15) is 4.98 Å². The molecule has 1 aliphatic rings. The van der Waals surface area contributed by atoms with Gasteiger partial charge in [0.2, 0.25) is 11.7 Å².